The molecule has 0 saturated carbocycles. The zero-order valence-electron chi connectivity index (χ0n) is 18.5. The Balaban J connectivity index is 1.55. The van der Waals surface area contributed by atoms with Gasteiger partial charge in [0.25, 0.3) is 5.91 Å². The van der Waals surface area contributed by atoms with Gasteiger partial charge in [-0.05, 0) is 48.4 Å². The summed E-state index contributed by atoms with van der Waals surface area (Å²) in [5, 5.41) is 14.5. The van der Waals surface area contributed by atoms with Crippen molar-refractivity contribution in [3.05, 3.63) is 89.5 Å². The monoisotopic (exact) mass is 473 g/mol. The molecule has 0 aliphatic rings. The molecule has 0 radical (unpaired) electrons. The predicted octanol–water partition coefficient (Wildman–Crippen LogP) is 4.65. The second kappa shape index (κ2) is 12.2. The van der Waals surface area contributed by atoms with Crippen molar-refractivity contribution in [2.75, 3.05) is 23.0 Å². The Bertz CT molecular complexity index is 1240. The van der Waals surface area contributed by atoms with Crippen molar-refractivity contribution in [1.29, 1.82) is 5.26 Å². The van der Waals surface area contributed by atoms with Crippen molar-refractivity contribution >= 4 is 40.9 Å². The molecule has 172 valence electrons. The topological polar surface area (TPSA) is 108 Å². The zero-order chi connectivity index (χ0) is 24.3. The lowest BCUT2D eigenvalue weighted by atomic mass is 10.1. The van der Waals surface area contributed by atoms with Crippen LogP contribution in [-0.2, 0) is 20.7 Å². The van der Waals surface area contributed by atoms with Crippen LogP contribution in [0.2, 0.25) is 0 Å². The quantitative estimate of drug-likeness (QED) is 0.346. The molecule has 3 aromatic rings. The number of ether oxygens (including phenoxy) is 1. The SMILES string of the molecule is CCc1ccccc1NC(=O)COC(=O)c1ccccc1SCC(=O)Nc1cccc(C#N)c1. The fourth-order valence-electron chi connectivity index (χ4n) is 3.11. The molecular formula is C26H23N3O4S. The second-order valence-electron chi connectivity index (χ2n) is 7.16. The average Bonchev–Trinajstić information content (AvgIpc) is 2.86. The first-order valence-corrected chi connectivity index (χ1v) is 11.6. The van der Waals surface area contributed by atoms with E-state index in [4.69, 9.17) is 10.00 Å². The summed E-state index contributed by atoms with van der Waals surface area (Å²) in [7, 11) is 0. The molecule has 0 aliphatic heterocycles. The van der Waals surface area contributed by atoms with Crippen LogP contribution in [0, 0.1) is 11.3 Å². The van der Waals surface area contributed by atoms with Gasteiger partial charge in [0.1, 0.15) is 0 Å². The van der Waals surface area contributed by atoms with E-state index in [1.807, 2.05) is 31.2 Å². The van der Waals surface area contributed by atoms with Crippen LogP contribution in [0.1, 0.15) is 28.4 Å². The van der Waals surface area contributed by atoms with Gasteiger partial charge in [0.2, 0.25) is 5.91 Å². The Labute approximate surface area is 202 Å². The number of thioether (sulfide) groups is 1. The lowest BCUT2D eigenvalue weighted by Crippen LogP contribution is -2.22. The number of benzene rings is 3. The van der Waals surface area contributed by atoms with E-state index in [2.05, 4.69) is 10.6 Å². The predicted molar refractivity (Wildman–Crippen MR) is 132 cm³/mol. The number of hydrogen-bond acceptors (Lipinski definition) is 6. The minimum absolute atomic E-state index is 0.0510. The molecule has 0 saturated heterocycles. The first-order chi connectivity index (χ1) is 16.5. The van der Waals surface area contributed by atoms with Crippen LogP contribution in [0.4, 0.5) is 11.4 Å². The van der Waals surface area contributed by atoms with E-state index >= 15 is 0 Å². The highest BCUT2D eigenvalue weighted by Crippen LogP contribution is 2.24. The number of para-hydroxylation sites is 1. The van der Waals surface area contributed by atoms with Crippen molar-refractivity contribution in [2.24, 2.45) is 0 Å². The van der Waals surface area contributed by atoms with Gasteiger partial charge in [-0.3, -0.25) is 9.59 Å². The van der Waals surface area contributed by atoms with E-state index in [0.29, 0.717) is 21.8 Å². The minimum atomic E-state index is -0.649. The molecule has 34 heavy (non-hydrogen) atoms. The molecule has 0 aliphatic carbocycles. The molecule has 0 unspecified atom stereocenters. The summed E-state index contributed by atoms with van der Waals surface area (Å²) in [5.74, 6) is -1.31. The summed E-state index contributed by atoms with van der Waals surface area (Å²) < 4.78 is 5.21. The third kappa shape index (κ3) is 6.95. The molecule has 3 rings (SSSR count). The highest BCUT2D eigenvalue weighted by molar-refractivity contribution is 8.00. The van der Waals surface area contributed by atoms with Crippen molar-refractivity contribution < 1.29 is 19.1 Å². The number of nitrogens with zero attached hydrogens (tertiary/aromatic N) is 1. The number of nitriles is 1. The molecule has 0 bridgehead atoms. The van der Waals surface area contributed by atoms with Gasteiger partial charge in [-0.1, -0.05) is 43.3 Å². The van der Waals surface area contributed by atoms with Crippen molar-refractivity contribution in [3.63, 3.8) is 0 Å². The summed E-state index contributed by atoms with van der Waals surface area (Å²) in [4.78, 5) is 37.8. The molecule has 0 atom stereocenters. The van der Waals surface area contributed by atoms with Crippen LogP contribution in [0.25, 0.3) is 0 Å². The number of carbonyl (C=O) groups excluding carboxylic acids is 3. The van der Waals surface area contributed by atoms with Crippen LogP contribution in [-0.4, -0.2) is 30.1 Å². The number of hydrogen-bond donors (Lipinski definition) is 2. The molecular weight excluding hydrogens is 450 g/mol. The molecule has 0 fully saturated rings. The zero-order valence-corrected chi connectivity index (χ0v) is 19.4. The smallest absolute Gasteiger partial charge is 0.339 e. The van der Waals surface area contributed by atoms with E-state index in [0.717, 1.165) is 12.0 Å². The maximum absolute atomic E-state index is 12.6. The summed E-state index contributed by atoms with van der Waals surface area (Å²) in [6.07, 6.45) is 0.762. The number of aryl methyl sites for hydroxylation is 1. The van der Waals surface area contributed by atoms with E-state index in [-0.39, 0.29) is 17.2 Å². The molecule has 2 N–H and O–H groups in total. The highest BCUT2D eigenvalue weighted by Gasteiger charge is 2.16. The average molecular weight is 474 g/mol. The van der Waals surface area contributed by atoms with Crippen LogP contribution < -0.4 is 10.6 Å². The van der Waals surface area contributed by atoms with Gasteiger partial charge in [-0.25, -0.2) is 4.79 Å². The molecule has 7 nitrogen and oxygen atoms in total. The molecule has 0 heterocycles. The summed E-state index contributed by atoms with van der Waals surface area (Å²) >= 11 is 1.18. The van der Waals surface area contributed by atoms with Gasteiger partial charge in [-0.2, -0.15) is 5.26 Å². The Kier molecular flexibility index (Phi) is 8.83. The Hall–Kier alpha value is -4.09. The Morgan fingerprint density at radius 3 is 2.50 bits per heavy atom. The standard InChI is InChI=1S/C26H23N3O4S/c1-2-19-9-3-5-12-22(19)29-24(30)16-33-26(32)21-11-4-6-13-23(21)34-17-25(31)28-20-10-7-8-18(14-20)15-27/h3-14H,2,16-17H2,1H3,(H,28,31)(H,29,30). The molecule has 8 heteroatoms. The summed E-state index contributed by atoms with van der Waals surface area (Å²) in [5.41, 5.74) is 2.91. The summed E-state index contributed by atoms with van der Waals surface area (Å²) in [6, 6.07) is 22.8. The number of anilines is 2. The van der Waals surface area contributed by atoms with Crippen molar-refractivity contribution in [2.45, 2.75) is 18.2 Å². The fourth-order valence-corrected chi connectivity index (χ4v) is 3.95. The Morgan fingerprint density at radius 1 is 0.941 bits per heavy atom. The number of nitrogens with one attached hydrogen (secondary N) is 2. The normalized spacial score (nSPS) is 10.1. The van der Waals surface area contributed by atoms with Gasteiger partial charge >= 0.3 is 5.97 Å². The number of esters is 1. The highest BCUT2D eigenvalue weighted by atomic mass is 32.2. The van der Waals surface area contributed by atoms with Gasteiger partial charge < -0.3 is 15.4 Å². The molecule has 3 aromatic carbocycles. The molecule has 0 spiro atoms. The van der Waals surface area contributed by atoms with Crippen LogP contribution in [0.5, 0.6) is 0 Å². The van der Waals surface area contributed by atoms with E-state index in [9.17, 15) is 14.4 Å². The van der Waals surface area contributed by atoms with Crippen LogP contribution in [0.3, 0.4) is 0 Å². The lowest BCUT2D eigenvalue weighted by molar-refractivity contribution is -0.119. The van der Waals surface area contributed by atoms with Gasteiger partial charge in [0.15, 0.2) is 6.61 Å². The van der Waals surface area contributed by atoms with Gasteiger partial charge in [0, 0.05) is 16.3 Å². The Morgan fingerprint density at radius 2 is 1.71 bits per heavy atom. The lowest BCUT2D eigenvalue weighted by Gasteiger charge is -2.11. The van der Waals surface area contributed by atoms with Crippen molar-refractivity contribution in [1.82, 2.24) is 0 Å². The maximum atomic E-state index is 12.6. The van der Waals surface area contributed by atoms with Gasteiger partial charge in [-0.15, -0.1) is 11.8 Å². The van der Waals surface area contributed by atoms with E-state index < -0.39 is 18.5 Å². The van der Waals surface area contributed by atoms with Crippen LogP contribution >= 0.6 is 11.8 Å². The largest absolute Gasteiger partial charge is 0.452 e. The third-order valence-corrected chi connectivity index (χ3v) is 5.82. The minimum Gasteiger partial charge on any atom is -0.452 e. The van der Waals surface area contributed by atoms with E-state index in [1.165, 1.54) is 11.8 Å². The number of amides is 2. The van der Waals surface area contributed by atoms with E-state index in [1.54, 1.807) is 54.6 Å². The summed E-state index contributed by atoms with van der Waals surface area (Å²) in [6.45, 7) is 1.56. The third-order valence-electron chi connectivity index (χ3n) is 4.75. The molecule has 0 aromatic heterocycles. The van der Waals surface area contributed by atoms with Crippen molar-refractivity contribution in [3.8, 4) is 6.07 Å². The first-order valence-electron chi connectivity index (χ1n) is 10.6. The molecule has 2 amide bonds. The fraction of sp³-hybridized carbons (Fsp3) is 0.154. The first kappa shape index (κ1) is 24.6. The van der Waals surface area contributed by atoms with Gasteiger partial charge in [0.05, 0.1) is 22.9 Å². The van der Waals surface area contributed by atoms with Crippen LogP contribution in [0.15, 0.2) is 77.7 Å². The number of rotatable bonds is 9. The second-order valence-corrected chi connectivity index (χ2v) is 8.18. The number of carbonyl (C=O) groups is 3. The maximum Gasteiger partial charge on any atom is 0.339 e.